The molecule has 0 spiro atoms. The predicted molar refractivity (Wildman–Crippen MR) is 45.5 cm³/mol. The minimum Gasteiger partial charge on any atom is -0.396 e. The Kier molecular flexibility index (Phi) is 2.99. The van der Waals surface area contributed by atoms with Crippen LogP contribution in [0.3, 0.4) is 0 Å². The van der Waals surface area contributed by atoms with Crippen LogP contribution >= 0.6 is 11.3 Å². The van der Waals surface area contributed by atoms with E-state index in [4.69, 9.17) is 10.8 Å². The second-order valence-corrected chi connectivity index (χ2v) is 3.47. The Morgan fingerprint density at radius 1 is 1.82 bits per heavy atom. The Morgan fingerprint density at radius 2 is 2.55 bits per heavy atom. The Morgan fingerprint density at radius 3 is 3.00 bits per heavy atom. The molecule has 3 N–H and O–H groups in total. The Labute approximate surface area is 69.9 Å². The van der Waals surface area contributed by atoms with Gasteiger partial charge in [0.25, 0.3) is 0 Å². The molecule has 0 aliphatic carbocycles. The van der Waals surface area contributed by atoms with Crippen molar-refractivity contribution < 1.29 is 5.11 Å². The van der Waals surface area contributed by atoms with E-state index >= 15 is 0 Å². The predicted octanol–water partition coefficient (Wildman–Crippen LogP) is 0.834. The van der Waals surface area contributed by atoms with Gasteiger partial charge in [-0.2, -0.15) is 0 Å². The first-order valence-corrected chi connectivity index (χ1v) is 4.40. The van der Waals surface area contributed by atoms with E-state index in [1.165, 1.54) is 0 Å². The van der Waals surface area contributed by atoms with Gasteiger partial charge >= 0.3 is 0 Å². The Bertz CT molecular complexity index is 224. The number of nitrogens with zero attached hydrogens (tertiary/aromatic N) is 1. The normalized spacial score (nSPS) is 13.4. The van der Waals surface area contributed by atoms with Crippen molar-refractivity contribution in [3.63, 3.8) is 0 Å². The average Bonchev–Trinajstić information content (AvgIpc) is 2.36. The van der Waals surface area contributed by atoms with Gasteiger partial charge in [-0.15, -0.1) is 11.3 Å². The first-order valence-electron chi connectivity index (χ1n) is 3.52. The molecule has 3 nitrogen and oxygen atoms in total. The van der Waals surface area contributed by atoms with Crippen LogP contribution < -0.4 is 5.73 Å². The maximum absolute atomic E-state index is 8.60. The molecule has 1 rings (SSSR count). The van der Waals surface area contributed by atoms with Crippen LogP contribution in [0.5, 0.6) is 0 Å². The summed E-state index contributed by atoms with van der Waals surface area (Å²) in [4.78, 5) is 4.21. The molecule has 0 aliphatic heterocycles. The molecule has 1 unspecified atom stereocenters. The number of thiazole rings is 1. The van der Waals surface area contributed by atoms with Crippen LogP contribution in [0.25, 0.3) is 0 Å². The zero-order valence-electron chi connectivity index (χ0n) is 6.45. The lowest BCUT2D eigenvalue weighted by molar-refractivity contribution is 0.276. The Hall–Kier alpha value is -0.450. The highest BCUT2D eigenvalue weighted by atomic mass is 32.1. The van der Waals surface area contributed by atoms with Gasteiger partial charge in [0.05, 0.1) is 16.7 Å². The van der Waals surface area contributed by atoms with Crippen molar-refractivity contribution in [1.82, 2.24) is 4.98 Å². The molecular weight excluding hydrogens is 160 g/mol. The summed E-state index contributed by atoms with van der Waals surface area (Å²) in [6, 6.07) is -0.107. The lowest BCUT2D eigenvalue weighted by atomic mass is 10.2. The highest BCUT2D eigenvalue weighted by Crippen LogP contribution is 2.16. The summed E-state index contributed by atoms with van der Waals surface area (Å²) in [5.74, 6) is 0. The standard InChI is InChI=1S/C7H12N2OS/c1-5-9-7(4-11-5)6(8)2-3-10/h4,6,10H,2-3,8H2,1H3. The molecule has 1 aromatic rings. The summed E-state index contributed by atoms with van der Waals surface area (Å²) >= 11 is 1.59. The van der Waals surface area contributed by atoms with E-state index in [1.54, 1.807) is 11.3 Å². The fourth-order valence-corrected chi connectivity index (χ4v) is 1.51. The number of nitrogens with two attached hydrogens (primary N) is 1. The van der Waals surface area contributed by atoms with Crippen molar-refractivity contribution in [3.8, 4) is 0 Å². The van der Waals surface area contributed by atoms with Crippen molar-refractivity contribution in [1.29, 1.82) is 0 Å². The number of hydrogen-bond donors (Lipinski definition) is 2. The van der Waals surface area contributed by atoms with Gasteiger partial charge in [-0.1, -0.05) is 0 Å². The molecule has 0 bridgehead atoms. The van der Waals surface area contributed by atoms with E-state index in [0.29, 0.717) is 6.42 Å². The monoisotopic (exact) mass is 172 g/mol. The van der Waals surface area contributed by atoms with Gasteiger partial charge < -0.3 is 10.8 Å². The molecule has 1 heterocycles. The van der Waals surface area contributed by atoms with Gasteiger partial charge in [0.2, 0.25) is 0 Å². The molecular formula is C7H12N2OS. The smallest absolute Gasteiger partial charge is 0.0898 e. The third kappa shape index (κ3) is 2.25. The molecule has 0 saturated heterocycles. The highest BCUT2D eigenvalue weighted by molar-refractivity contribution is 7.09. The van der Waals surface area contributed by atoms with E-state index < -0.39 is 0 Å². The topological polar surface area (TPSA) is 59.1 Å². The quantitative estimate of drug-likeness (QED) is 0.710. The summed E-state index contributed by atoms with van der Waals surface area (Å²) in [5, 5.41) is 11.6. The summed E-state index contributed by atoms with van der Waals surface area (Å²) in [6.45, 7) is 2.07. The van der Waals surface area contributed by atoms with Crippen LogP contribution in [0.15, 0.2) is 5.38 Å². The van der Waals surface area contributed by atoms with E-state index in [9.17, 15) is 0 Å². The van der Waals surface area contributed by atoms with Gasteiger partial charge in [0.15, 0.2) is 0 Å². The largest absolute Gasteiger partial charge is 0.396 e. The first-order chi connectivity index (χ1) is 5.24. The van der Waals surface area contributed by atoms with Gasteiger partial charge in [0.1, 0.15) is 0 Å². The summed E-state index contributed by atoms with van der Waals surface area (Å²) in [7, 11) is 0. The highest BCUT2D eigenvalue weighted by Gasteiger charge is 2.07. The van der Waals surface area contributed by atoms with E-state index in [1.807, 2.05) is 12.3 Å². The van der Waals surface area contributed by atoms with Crippen molar-refractivity contribution >= 4 is 11.3 Å². The molecule has 0 amide bonds. The second-order valence-electron chi connectivity index (χ2n) is 2.41. The van der Waals surface area contributed by atoms with Crippen LogP contribution in [-0.4, -0.2) is 16.7 Å². The van der Waals surface area contributed by atoms with Gasteiger partial charge in [-0.05, 0) is 13.3 Å². The fourth-order valence-electron chi connectivity index (χ4n) is 0.837. The van der Waals surface area contributed by atoms with Crippen LogP contribution in [0, 0.1) is 6.92 Å². The lowest BCUT2D eigenvalue weighted by Crippen LogP contribution is -2.12. The van der Waals surface area contributed by atoms with E-state index in [2.05, 4.69) is 4.98 Å². The molecule has 0 radical (unpaired) electrons. The first kappa shape index (κ1) is 8.64. The SMILES string of the molecule is Cc1nc(C(N)CCO)cs1. The summed E-state index contributed by atoms with van der Waals surface area (Å²) < 4.78 is 0. The molecule has 1 atom stereocenters. The van der Waals surface area contributed by atoms with Gasteiger partial charge in [-0.3, -0.25) is 0 Å². The minimum absolute atomic E-state index is 0.107. The van der Waals surface area contributed by atoms with Crippen LogP contribution in [0.4, 0.5) is 0 Å². The number of aliphatic hydroxyl groups is 1. The zero-order chi connectivity index (χ0) is 8.27. The molecule has 0 fully saturated rings. The molecule has 4 heteroatoms. The molecule has 62 valence electrons. The summed E-state index contributed by atoms with van der Waals surface area (Å²) in [6.07, 6.45) is 0.586. The van der Waals surface area contributed by atoms with Crippen molar-refractivity contribution in [2.75, 3.05) is 6.61 Å². The van der Waals surface area contributed by atoms with Crippen LogP contribution in [0.2, 0.25) is 0 Å². The number of aromatic nitrogens is 1. The zero-order valence-corrected chi connectivity index (χ0v) is 7.27. The maximum atomic E-state index is 8.60. The van der Waals surface area contributed by atoms with Crippen LogP contribution in [-0.2, 0) is 0 Å². The molecule has 11 heavy (non-hydrogen) atoms. The van der Waals surface area contributed by atoms with Crippen molar-refractivity contribution in [2.24, 2.45) is 5.73 Å². The number of rotatable bonds is 3. The molecule has 0 aromatic carbocycles. The maximum Gasteiger partial charge on any atom is 0.0898 e. The Balaban J connectivity index is 2.60. The fraction of sp³-hybridized carbons (Fsp3) is 0.571. The summed E-state index contributed by atoms with van der Waals surface area (Å²) in [5.41, 5.74) is 6.59. The number of aliphatic hydroxyl groups excluding tert-OH is 1. The van der Waals surface area contributed by atoms with Crippen molar-refractivity contribution in [2.45, 2.75) is 19.4 Å². The van der Waals surface area contributed by atoms with E-state index in [0.717, 1.165) is 10.7 Å². The van der Waals surface area contributed by atoms with E-state index in [-0.39, 0.29) is 12.6 Å². The van der Waals surface area contributed by atoms with Gasteiger partial charge in [-0.25, -0.2) is 4.98 Å². The number of hydrogen-bond acceptors (Lipinski definition) is 4. The molecule has 0 aliphatic rings. The van der Waals surface area contributed by atoms with Gasteiger partial charge in [0, 0.05) is 12.0 Å². The van der Waals surface area contributed by atoms with Crippen LogP contribution in [0.1, 0.15) is 23.2 Å². The lowest BCUT2D eigenvalue weighted by Gasteiger charge is -2.04. The average molecular weight is 172 g/mol. The molecule has 0 saturated carbocycles. The third-order valence-corrected chi connectivity index (χ3v) is 2.25. The van der Waals surface area contributed by atoms with Crippen molar-refractivity contribution in [3.05, 3.63) is 16.1 Å². The second kappa shape index (κ2) is 3.80. The number of aryl methyl sites for hydroxylation is 1. The third-order valence-electron chi connectivity index (χ3n) is 1.46. The molecule has 1 aromatic heterocycles. The minimum atomic E-state index is -0.107.